The SMILES string of the molecule is CNC(CN1c2ccccc2CCC1C)C(N)=O. The number of carbonyl (C=O) groups excluding carboxylic acids is 1. The van der Waals surface area contributed by atoms with Crippen molar-refractivity contribution < 1.29 is 4.79 Å². The number of para-hydroxylation sites is 1. The van der Waals surface area contributed by atoms with Crippen molar-refractivity contribution in [2.75, 3.05) is 18.5 Å². The van der Waals surface area contributed by atoms with Gasteiger partial charge in [-0.3, -0.25) is 4.79 Å². The molecule has 0 saturated heterocycles. The third-order valence-electron chi connectivity index (χ3n) is 3.74. The highest BCUT2D eigenvalue weighted by molar-refractivity contribution is 5.80. The fourth-order valence-electron chi connectivity index (χ4n) is 2.56. The Balaban J connectivity index is 2.23. The normalized spacial score (nSPS) is 20.3. The number of hydrogen-bond acceptors (Lipinski definition) is 3. The molecule has 2 atom stereocenters. The average molecular weight is 247 g/mol. The van der Waals surface area contributed by atoms with Gasteiger partial charge >= 0.3 is 0 Å². The van der Waals surface area contributed by atoms with Gasteiger partial charge in [-0.25, -0.2) is 0 Å². The molecule has 4 heteroatoms. The number of nitrogens with two attached hydrogens (primary N) is 1. The van der Waals surface area contributed by atoms with Crippen LogP contribution in [0.4, 0.5) is 5.69 Å². The molecule has 18 heavy (non-hydrogen) atoms. The molecule has 4 nitrogen and oxygen atoms in total. The summed E-state index contributed by atoms with van der Waals surface area (Å²) in [5.74, 6) is -0.298. The number of rotatable bonds is 4. The van der Waals surface area contributed by atoms with E-state index < -0.39 is 0 Å². The number of hydrogen-bond donors (Lipinski definition) is 2. The van der Waals surface area contributed by atoms with E-state index in [1.165, 1.54) is 11.3 Å². The van der Waals surface area contributed by atoms with E-state index in [-0.39, 0.29) is 11.9 Å². The second kappa shape index (κ2) is 5.40. The molecule has 1 aliphatic rings. The molecule has 0 bridgehead atoms. The predicted molar refractivity (Wildman–Crippen MR) is 73.6 cm³/mol. The Morgan fingerprint density at radius 1 is 1.56 bits per heavy atom. The molecule has 0 saturated carbocycles. The zero-order valence-corrected chi connectivity index (χ0v) is 11.0. The van der Waals surface area contributed by atoms with Crippen LogP contribution in [-0.4, -0.2) is 31.6 Å². The van der Waals surface area contributed by atoms with Gasteiger partial charge in [-0.05, 0) is 38.4 Å². The largest absolute Gasteiger partial charge is 0.368 e. The van der Waals surface area contributed by atoms with Crippen LogP contribution in [0.3, 0.4) is 0 Å². The third kappa shape index (κ3) is 2.48. The highest BCUT2D eigenvalue weighted by Crippen LogP contribution is 2.30. The van der Waals surface area contributed by atoms with Crippen molar-refractivity contribution in [2.24, 2.45) is 5.73 Å². The lowest BCUT2D eigenvalue weighted by Crippen LogP contribution is -2.51. The van der Waals surface area contributed by atoms with Gasteiger partial charge in [-0.2, -0.15) is 0 Å². The Labute approximate surface area is 108 Å². The number of fused-ring (bicyclic) bond motifs is 1. The summed E-state index contributed by atoms with van der Waals surface area (Å²) >= 11 is 0. The molecule has 1 amide bonds. The Hall–Kier alpha value is -1.55. The van der Waals surface area contributed by atoms with Crippen molar-refractivity contribution >= 4 is 11.6 Å². The molecule has 3 N–H and O–H groups in total. The van der Waals surface area contributed by atoms with E-state index in [1.54, 1.807) is 7.05 Å². The van der Waals surface area contributed by atoms with Crippen LogP contribution in [0.5, 0.6) is 0 Å². The van der Waals surface area contributed by atoms with E-state index in [1.807, 2.05) is 6.07 Å². The van der Waals surface area contributed by atoms with Crippen molar-refractivity contribution in [3.63, 3.8) is 0 Å². The number of aryl methyl sites for hydroxylation is 1. The van der Waals surface area contributed by atoms with Crippen LogP contribution in [-0.2, 0) is 11.2 Å². The molecule has 0 aliphatic carbocycles. The van der Waals surface area contributed by atoms with Gasteiger partial charge < -0.3 is 16.0 Å². The Kier molecular flexibility index (Phi) is 3.87. The summed E-state index contributed by atoms with van der Waals surface area (Å²) in [7, 11) is 1.77. The van der Waals surface area contributed by atoms with E-state index in [9.17, 15) is 4.79 Å². The van der Waals surface area contributed by atoms with Crippen LogP contribution in [0.25, 0.3) is 0 Å². The standard InChI is InChI=1S/C14H21N3O/c1-10-7-8-11-5-3-4-6-13(11)17(10)9-12(16-2)14(15)18/h3-6,10,12,16H,7-9H2,1-2H3,(H2,15,18). The molecule has 1 heterocycles. The minimum atomic E-state index is -0.307. The molecule has 0 aromatic heterocycles. The molecule has 1 aliphatic heterocycles. The number of nitrogens with zero attached hydrogens (tertiary/aromatic N) is 1. The van der Waals surface area contributed by atoms with E-state index in [0.717, 1.165) is 12.8 Å². The smallest absolute Gasteiger partial charge is 0.236 e. The third-order valence-corrected chi connectivity index (χ3v) is 3.74. The maximum Gasteiger partial charge on any atom is 0.236 e. The second-order valence-electron chi connectivity index (χ2n) is 4.91. The van der Waals surface area contributed by atoms with Crippen molar-refractivity contribution in [1.82, 2.24) is 5.32 Å². The maximum absolute atomic E-state index is 11.4. The van der Waals surface area contributed by atoms with Crippen LogP contribution in [0, 0.1) is 0 Å². The number of amides is 1. The predicted octanol–water partition coefficient (Wildman–Crippen LogP) is 0.901. The van der Waals surface area contributed by atoms with Gasteiger partial charge in [0.05, 0.1) is 0 Å². The summed E-state index contributed by atoms with van der Waals surface area (Å²) in [5.41, 5.74) is 7.99. The molecule has 1 aromatic carbocycles. The average Bonchev–Trinajstić information content (AvgIpc) is 2.37. The van der Waals surface area contributed by atoms with Gasteiger partial charge in [0.15, 0.2) is 0 Å². The summed E-state index contributed by atoms with van der Waals surface area (Å²) in [6.07, 6.45) is 2.22. The van der Waals surface area contributed by atoms with Gasteiger partial charge in [-0.1, -0.05) is 18.2 Å². The Morgan fingerprint density at radius 2 is 2.28 bits per heavy atom. The van der Waals surface area contributed by atoms with Gasteiger partial charge in [0, 0.05) is 18.3 Å². The quantitative estimate of drug-likeness (QED) is 0.831. The minimum absolute atomic E-state index is 0.298. The van der Waals surface area contributed by atoms with Gasteiger partial charge in [0.25, 0.3) is 0 Å². The number of anilines is 1. The van der Waals surface area contributed by atoms with Crippen LogP contribution in [0.1, 0.15) is 18.9 Å². The molecular formula is C14H21N3O. The van der Waals surface area contributed by atoms with Gasteiger partial charge in [0.2, 0.25) is 5.91 Å². The van der Waals surface area contributed by atoms with Crippen molar-refractivity contribution in [1.29, 1.82) is 0 Å². The monoisotopic (exact) mass is 247 g/mol. The second-order valence-corrected chi connectivity index (χ2v) is 4.91. The molecule has 0 fully saturated rings. The van der Waals surface area contributed by atoms with Crippen LogP contribution in [0.15, 0.2) is 24.3 Å². The molecule has 2 rings (SSSR count). The first-order valence-electron chi connectivity index (χ1n) is 6.44. The summed E-state index contributed by atoms with van der Waals surface area (Å²) < 4.78 is 0. The fourth-order valence-corrected chi connectivity index (χ4v) is 2.56. The summed E-state index contributed by atoms with van der Waals surface area (Å²) in [5, 5.41) is 2.98. The van der Waals surface area contributed by atoms with Crippen molar-refractivity contribution in [2.45, 2.75) is 31.8 Å². The lowest BCUT2D eigenvalue weighted by atomic mass is 9.96. The fraction of sp³-hybridized carbons (Fsp3) is 0.500. The highest BCUT2D eigenvalue weighted by Gasteiger charge is 2.26. The number of benzene rings is 1. The van der Waals surface area contributed by atoms with Crippen molar-refractivity contribution in [3.05, 3.63) is 29.8 Å². The number of primary amides is 1. The Morgan fingerprint density at radius 3 is 2.94 bits per heavy atom. The van der Waals surface area contributed by atoms with E-state index in [2.05, 4.69) is 35.3 Å². The topological polar surface area (TPSA) is 58.4 Å². The summed E-state index contributed by atoms with van der Waals surface area (Å²) in [6.45, 7) is 2.83. The summed E-state index contributed by atoms with van der Waals surface area (Å²) in [6, 6.07) is 8.53. The van der Waals surface area contributed by atoms with E-state index >= 15 is 0 Å². The van der Waals surface area contributed by atoms with E-state index in [4.69, 9.17) is 5.73 Å². The maximum atomic E-state index is 11.4. The first kappa shape index (κ1) is 12.9. The van der Waals surface area contributed by atoms with Gasteiger partial charge in [0.1, 0.15) is 6.04 Å². The minimum Gasteiger partial charge on any atom is -0.368 e. The summed E-state index contributed by atoms with van der Waals surface area (Å²) in [4.78, 5) is 13.6. The lowest BCUT2D eigenvalue weighted by Gasteiger charge is -2.38. The van der Waals surface area contributed by atoms with Gasteiger partial charge in [-0.15, -0.1) is 0 Å². The molecule has 0 radical (unpaired) electrons. The lowest BCUT2D eigenvalue weighted by molar-refractivity contribution is -0.119. The molecule has 1 aromatic rings. The number of nitrogens with one attached hydrogen (secondary N) is 1. The number of carbonyl (C=O) groups is 1. The van der Waals surface area contributed by atoms with Crippen LogP contribution >= 0.6 is 0 Å². The van der Waals surface area contributed by atoms with Crippen LogP contribution < -0.4 is 16.0 Å². The van der Waals surface area contributed by atoms with Crippen molar-refractivity contribution in [3.8, 4) is 0 Å². The molecular weight excluding hydrogens is 226 g/mol. The Bertz CT molecular complexity index is 433. The first-order chi connectivity index (χ1) is 8.63. The highest BCUT2D eigenvalue weighted by atomic mass is 16.1. The molecule has 0 spiro atoms. The van der Waals surface area contributed by atoms with E-state index in [0.29, 0.717) is 12.6 Å². The molecule has 2 unspecified atom stereocenters. The number of likely N-dealkylation sites (N-methyl/N-ethyl adjacent to an activating group) is 1. The zero-order chi connectivity index (χ0) is 13.1. The zero-order valence-electron chi connectivity index (χ0n) is 11.0. The molecule has 98 valence electrons. The van der Waals surface area contributed by atoms with Crippen LogP contribution in [0.2, 0.25) is 0 Å². The first-order valence-corrected chi connectivity index (χ1v) is 6.44.